The van der Waals surface area contributed by atoms with Crippen molar-refractivity contribution >= 4 is 11.6 Å². The van der Waals surface area contributed by atoms with Crippen molar-refractivity contribution in [3.8, 4) is 11.8 Å². The number of rotatable bonds is 5. The van der Waals surface area contributed by atoms with Crippen LogP contribution in [0.3, 0.4) is 0 Å². The van der Waals surface area contributed by atoms with Crippen LogP contribution in [-0.2, 0) is 11.8 Å². The molecule has 23 heavy (non-hydrogen) atoms. The first-order valence-electron chi connectivity index (χ1n) is 6.21. The SMILES string of the molecule is COc1ncc(C(F)(F)C(F)(F)c2ccc(Cl)cc2)nc1OC. The molecule has 0 aliphatic heterocycles. The largest absolute Gasteiger partial charge is 0.477 e. The van der Waals surface area contributed by atoms with Crippen LogP contribution in [0.2, 0.25) is 5.02 Å². The van der Waals surface area contributed by atoms with E-state index in [0.717, 1.165) is 31.4 Å². The molecule has 0 aliphatic rings. The maximum atomic E-state index is 14.3. The number of nitrogens with zero attached hydrogens (tertiary/aromatic N) is 2. The van der Waals surface area contributed by atoms with Crippen molar-refractivity contribution in [1.29, 1.82) is 0 Å². The number of ether oxygens (including phenoxy) is 2. The van der Waals surface area contributed by atoms with Gasteiger partial charge in [0.05, 0.1) is 20.4 Å². The highest BCUT2D eigenvalue weighted by atomic mass is 35.5. The second-order valence-corrected chi connectivity index (χ2v) is 4.87. The monoisotopic (exact) mass is 350 g/mol. The zero-order valence-electron chi connectivity index (χ0n) is 12.0. The van der Waals surface area contributed by atoms with Crippen LogP contribution in [0.1, 0.15) is 11.3 Å². The highest BCUT2D eigenvalue weighted by Gasteiger charge is 2.60. The second-order valence-electron chi connectivity index (χ2n) is 4.43. The molecule has 1 heterocycles. The lowest BCUT2D eigenvalue weighted by Gasteiger charge is -2.26. The molecule has 0 radical (unpaired) electrons. The standard InChI is InChI=1S/C14H11ClF4N2O2/c1-22-11-12(23-2)21-10(7-20-11)14(18,19)13(16,17)8-3-5-9(15)6-4-8/h3-7H,1-2H3. The lowest BCUT2D eigenvalue weighted by molar-refractivity contribution is -0.226. The van der Waals surface area contributed by atoms with Crippen molar-refractivity contribution in [2.75, 3.05) is 14.2 Å². The van der Waals surface area contributed by atoms with Crippen molar-refractivity contribution in [2.24, 2.45) is 0 Å². The van der Waals surface area contributed by atoms with Gasteiger partial charge in [-0.05, 0) is 12.1 Å². The summed E-state index contributed by atoms with van der Waals surface area (Å²) in [5.74, 6) is -9.75. The van der Waals surface area contributed by atoms with Gasteiger partial charge in [0.15, 0.2) is 0 Å². The van der Waals surface area contributed by atoms with E-state index in [1.54, 1.807) is 0 Å². The molecule has 4 nitrogen and oxygen atoms in total. The number of aromatic nitrogens is 2. The Balaban J connectivity index is 2.49. The Morgan fingerprint density at radius 2 is 1.48 bits per heavy atom. The molecule has 2 rings (SSSR count). The molecule has 0 N–H and O–H groups in total. The molecule has 0 atom stereocenters. The molecule has 0 saturated carbocycles. The molecule has 0 amide bonds. The fourth-order valence-electron chi connectivity index (χ4n) is 1.79. The average molecular weight is 351 g/mol. The van der Waals surface area contributed by atoms with Crippen molar-refractivity contribution in [3.05, 3.63) is 46.7 Å². The summed E-state index contributed by atoms with van der Waals surface area (Å²) in [7, 11) is 2.35. The average Bonchev–Trinajstić information content (AvgIpc) is 2.54. The second kappa shape index (κ2) is 6.19. The van der Waals surface area contributed by atoms with Gasteiger partial charge in [-0.2, -0.15) is 17.6 Å². The number of halogens is 5. The molecular weight excluding hydrogens is 340 g/mol. The van der Waals surface area contributed by atoms with Crippen LogP contribution in [-0.4, -0.2) is 24.2 Å². The zero-order chi connectivity index (χ0) is 17.3. The smallest absolute Gasteiger partial charge is 0.357 e. The fraction of sp³-hybridized carbons (Fsp3) is 0.286. The molecular formula is C14H11ClF4N2O2. The van der Waals surface area contributed by atoms with E-state index in [4.69, 9.17) is 21.1 Å². The number of methoxy groups -OCH3 is 2. The molecule has 0 spiro atoms. The summed E-state index contributed by atoms with van der Waals surface area (Å²) in [5.41, 5.74) is -2.14. The van der Waals surface area contributed by atoms with Crippen LogP contribution >= 0.6 is 11.6 Å². The summed E-state index contributed by atoms with van der Waals surface area (Å²) in [4.78, 5) is 6.89. The third-order valence-electron chi connectivity index (χ3n) is 3.02. The molecule has 0 bridgehead atoms. The van der Waals surface area contributed by atoms with Crippen molar-refractivity contribution < 1.29 is 27.0 Å². The van der Waals surface area contributed by atoms with Gasteiger partial charge in [0.2, 0.25) is 0 Å². The van der Waals surface area contributed by atoms with Gasteiger partial charge in [0.25, 0.3) is 11.8 Å². The predicted octanol–water partition coefficient (Wildman–Crippen LogP) is 4.03. The summed E-state index contributed by atoms with van der Waals surface area (Å²) in [6, 6.07) is 3.84. The highest BCUT2D eigenvalue weighted by molar-refractivity contribution is 6.30. The summed E-state index contributed by atoms with van der Waals surface area (Å²) in [6.07, 6.45) is 0.519. The number of benzene rings is 1. The van der Waals surface area contributed by atoms with Gasteiger partial charge in [0.1, 0.15) is 5.69 Å². The molecule has 0 aliphatic carbocycles. The van der Waals surface area contributed by atoms with E-state index in [9.17, 15) is 17.6 Å². The minimum absolute atomic E-state index is 0.152. The Kier molecular flexibility index (Phi) is 4.65. The van der Waals surface area contributed by atoms with Crippen LogP contribution < -0.4 is 9.47 Å². The first-order valence-corrected chi connectivity index (χ1v) is 6.59. The van der Waals surface area contributed by atoms with Gasteiger partial charge in [-0.1, -0.05) is 23.7 Å². The lowest BCUT2D eigenvalue weighted by atomic mass is 10.00. The summed E-state index contributed by atoms with van der Waals surface area (Å²) in [6.45, 7) is 0. The lowest BCUT2D eigenvalue weighted by Crippen LogP contribution is -2.36. The first-order chi connectivity index (χ1) is 10.7. The summed E-state index contributed by atoms with van der Waals surface area (Å²) in [5, 5.41) is 0.152. The first kappa shape index (κ1) is 17.3. The van der Waals surface area contributed by atoms with Crippen molar-refractivity contribution in [3.63, 3.8) is 0 Å². The molecule has 124 valence electrons. The fourth-order valence-corrected chi connectivity index (χ4v) is 1.91. The van der Waals surface area contributed by atoms with Crippen molar-refractivity contribution in [1.82, 2.24) is 9.97 Å². The Hall–Kier alpha value is -2.09. The Morgan fingerprint density at radius 3 is 2.00 bits per heavy atom. The number of hydrogen-bond acceptors (Lipinski definition) is 4. The van der Waals surface area contributed by atoms with E-state index in [2.05, 4.69) is 9.97 Å². The summed E-state index contributed by atoms with van der Waals surface area (Å²) < 4.78 is 66.5. The van der Waals surface area contributed by atoms with Crippen LogP contribution in [0.4, 0.5) is 17.6 Å². The van der Waals surface area contributed by atoms with E-state index < -0.39 is 29.0 Å². The topological polar surface area (TPSA) is 44.2 Å². The molecule has 0 saturated heterocycles. The maximum Gasteiger partial charge on any atom is 0.357 e. The van der Waals surface area contributed by atoms with Crippen LogP contribution in [0, 0.1) is 0 Å². The van der Waals surface area contributed by atoms with E-state index in [-0.39, 0.29) is 10.9 Å². The van der Waals surface area contributed by atoms with E-state index >= 15 is 0 Å². The highest BCUT2D eigenvalue weighted by Crippen LogP contribution is 2.49. The molecule has 9 heteroatoms. The summed E-state index contributed by atoms with van der Waals surface area (Å²) >= 11 is 5.58. The van der Waals surface area contributed by atoms with Gasteiger partial charge in [-0.3, -0.25) is 0 Å². The Morgan fingerprint density at radius 1 is 0.913 bits per heavy atom. The number of hydrogen-bond donors (Lipinski definition) is 0. The molecule has 0 unspecified atom stereocenters. The van der Waals surface area contributed by atoms with Crippen LogP contribution in [0.15, 0.2) is 30.5 Å². The van der Waals surface area contributed by atoms with Crippen LogP contribution in [0.25, 0.3) is 0 Å². The Bertz CT molecular complexity index is 696. The molecule has 1 aromatic heterocycles. The normalized spacial score (nSPS) is 12.1. The molecule has 0 fully saturated rings. The quantitative estimate of drug-likeness (QED) is 0.764. The zero-order valence-corrected chi connectivity index (χ0v) is 12.7. The van der Waals surface area contributed by atoms with Gasteiger partial charge in [-0.15, -0.1) is 0 Å². The Labute approximate surface area is 134 Å². The minimum Gasteiger partial charge on any atom is -0.477 e. The van der Waals surface area contributed by atoms with Gasteiger partial charge in [-0.25, -0.2) is 9.97 Å². The number of alkyl halides is 4. The van der Waals surface area contributed by atoms with Gasteiger partial charge in [0, 0.05) is 10.6 Å². The van der Waals surface area contributed by atoms with E-state index in [1.165, 1.54) is 7.11 Å². The van der Waals surface area contributed by atoms with Crippen LogP contribution in [0.5, 0.6) is 11.8 Å². The third-order valence-corrected chi connectivity index (χ3v) is 3.27. The third kappa shape index (κ3) is 3.03. The minimum atomic E-state index is -4.62. The van der Waals surface area contributed by atoms with Gasteiger partial charge < -0.3 is 9.47 Å². The molecule has 1 aromatic carbocycles. The van der Waals surface area contributed by atoms with E-state index in [0.29, 0.717) is 6.20 Å². The maximum absolute atomic E-state index is 14.3. The predicted molar refractivity (Wildman–Crippen MR) is 74.4 cm³/mol. The van der Waals surface area contributed by atoms with Gasteiger partial charge >= 0.3 is 11.8 Å². The van der Waals surface area contributed by atoms with E-state index in [1.807, 2.05) is 0 Å². The molecule has 2 aromatic rings. The van der Waals surface area contributed by atoms with Crippen molar-refractivity contribution in [2.45, 2.75) is 11.8 Å².